The van der Waals surface area contributed by atoms with Crippen molar-refractivity contribution in [2.75, 3.05) is 7.11 Å². The van der Waals surface area contributed by atoms with E-state index in [4.69, 9.17) is 9.57 Å². The van der Waals surface area contributed by atoms with Crippen LogP contribution in [0.25, 0.3) is 5.69 Å². The highest BCUT2D eigenvalue weighted by molar-refractivity contribution is 6.01. The summed E-state index contributed by atoms with van der Waals surface area (Å²) in [6, 6.07) is 13.4. The van der Waals surface area contributed by atoms with Gasteiger partial charge in [-0.3, -0.25) is 0 Å². The van der Waals surface area contributed by atoms with Crippen LogP contribution in [0, 0.1) is 12.8 Å². The topological polar surface area (TPSA) is 83.5 Å². The van der Waals surface area contributed by atoms with Crippen LogP contribution in [0.15, 0.2) is 52.4 Å². The number of ether oxygens (including phenoxy) is 1. The summed E-state index contributed by atoms with van der Waals surface area (Å²) in [5.74, 6) is 0.994. The Bertz CT molecular complexity index is 1080. The summed E-state index contributed by atoms with van der Waals surface area (Å²) in [4.78, 5) is 17.2. The van der Waals surface area contributed by atoms with Gasteiger partial charge in [0.15, 0.2) is 0 Å². The molecule has 3 aromatic rings. The van der Waals surface area contributed by atoms with E-state index in [-0.39, 0.29) is 11.6 Å². The number of nitrogens with zero attached hydrogens (tertiary/aromatic N) is 5. The molecule has 8 nitrogen and oxygen atoms in total. The lowest BCUT2D eigenvalue weighted by molar-refractivity contribution is 0.212. The Morgan fingerprint density at radius 2 is 1.93 bits per heavy atom. The van der Waals surface area contributed by atoms with Crippen molar-refractivity contribution in [2.24, 2.45) is 18.1 Å². The van der Waals surface area contributed by atoms with E-state index in [1.807, 2.05) is 49.4 Å². The average Bonchev–Trinajstić information content (AvgIpc) is 3.03. The number of aryl methyl sites for hydroxylation is 2. The van der Waals surface area contributed by atoms with E-state index in [9.17, 15) is 4.79 Å². The van der Waals surface area contributed by atoms with E-state index in [1.54, 1.807) is 14.2 Å². The third-order valence-electron chi connectivity index (χ3n) is 4.53. The van der Waals surface area contributed by atoms with Crippen LogP contribution in [-0.2, 0) is 18.5 Å². The van der Waals surface area contributed by atoms with Crippen molar-refractivity contribution < 1.29 is 9.57 Å². The fraction of sp³-hybridized carbons (Fsp3) is 0.333. The molecule has 0 spiro atoms. The number of oxime groups is 1. The number of benzene rings is 2. The van der Waals surface area contributed by atoms with Crippen LogP contribution in [-0.4, -0.2) is 32.6 Å². The summed E-state index contributed by atoms with van der Waals surface area (Å²) in [5, 5.41) is 11.8. The zero-order valence-electron chi connectivity index (χ0n) is 17.3. The minimum atomic E-state index is -0.309. The Balaban J connectivity index is 1.84. The van der Waals surface area contributed by atoms with E-state index >= 15 is 0 Å². The fourth-order valence-corrected chi connectivity index (χ4v) is 3.02. The first-order valence-electron chi connectivity index (χ1n) is 9.34. The molecule has 1 aromatic heterocycles. The molecule has 0 radical (unpaired) electrons. The molecular weight excluding hydrogens is 370 g/mol. The molecule has 0 unspecified atom stereocenters. The first kappa shape index (κ1) is 20.3. The Morgan fingerprint density at radius 3 is 2.55 bits per heavy atom. The van der Waals surface area contributed by atoms with Gasteiger partial charge in [-0.1, -0.05) is 37.2 Å². The Morgan fingerprint density at radius 1 is 1.17 bits per heavy atom. The molecule has 1 heterocycles. The van der Waals surface area contributed by atoms with Crippen molar-refractivity contribution in [3.05, 3.63) is 69.6 Å². The highest BCUT2D eigenvalue weighted by Crippen LogP contribution is 2.23. The first-order valence-corrected chi connectivity index (χ1v) is 9.34. The summed E-state index contributed by atoms with van der Waals surface area (Å²) < 4.78 is 8.50. The largest absolute Gasteiger partial charge is 0.489 e. The van der Waals surface area contributed by atoms with Crippen molar-refractivity contribution in [2.45, 2.75) is 27.4 Å². The molecule has 29 heavy (non-hydrogen) atoms. The molecule has 0 amide bonds. The zero-order chi connectivity index (χ0) is 21.0. The second-order valence-electron chi connectivity index (χ2n) is 7.01. The van der Waals surface area contributed by atoms with Crippen molar-refractivity contribution in [1.29, 1.82) is 0 Å². The number of hydrogen-bond acceptors (Lipinski definition) is 6. The molecule has 152 valence electrons. The molecule has 2 aromatic carbocycles. The third kappa shape index (κ3) is 4.37. The lowest BCUT2D eigenvalue weighted by atomic mass is 9.98. The van der Waals surface area contributed by atoms with Gasteiger partial charge in [0.25, 0.3) is 0 Å². The van der Waals surface area contributed by atoms with Crippen molar-refractivity contribution in [1.82, 2.24) is 19.8 Å². The zero-order valence-corrected chi connectivity index (χ0v) is 17.3. The highest BCUT2D eigenvalue weighted by Gasteiger charge is 2.14. The monoisotopic (exact) mass is 395 g/mol. The van der Waals surface area contributed by atoms with Gasteiger partial charge in [-0.2, -0.15) is 9.36 Å². The van der Waals surface area contributed by atoms with E-state index < -0.39 is 0 Å². The summed E-state index contributed by atoms with van der Waals surface area (Å²) in [6.07, 6.45) is 0. The van der Waals surface area contributed by atoms with E-state index in [1.165, 1.54) is 9.36 Å². The predicted molar refractivity (Wildman–Crippen MR) is 110 cm³/mol. The van der Waals surface area contributed by atoms with Crippen LogP contribution < -0.4 is 10.4 Å². The normalized spacial score (nSPS) is 11.7. The summed E-state index contributed by atoms with van der Waals surface area (Å²) >= 11 is 0. The molecule has 0 aliphatic carbocycles. The van der Waals surface area contributed by atoms with Gasteiger partial charge in [0.05, 0.1) is 11.4 Å². The molecule has 0 saturated heterocycles. The number of rotatable bonds is 7. The van der Waals surface area contributed by atoms with Gasteiger partial charge in [0.1, 0.15) is 19.5 Å². The fourth-order valence-electron chi connectivity index (χ4n) is 3.02. The van der Waals surface area contributed by atoms with Crippen LogP contribution in [0.4, 0.5) is 0 Å². The number of aromatic nitrogens is 4. The molecule has 8 heteroatoms. The molecule has 0 saturated carbocycles. The van der Waals surface area contributed by atoms with E-state index in [2.05, 4.69) is 29.4 Å². The van der Waals surface area contributed by atoms with Crippen molar-refractivity contribution in [3.8, 4) is 11.4 Å². The molecular formula is C21H25N5O3. The summed E-state index contributed by atoms with van der Waals surface area (Å²) in [7, 11) is 3.11. The van der Waals surface area contributed by atoms with Gasteiger partial charge < -0.3 is 9.57 Å². The molecule has 0 atom stereocenters. The third-order valence-corrected chi connectivity index (χ3v) is 4.53. The van der Waals surface area contributed by atoms with Gasteiger partial charge in [0.2, 0.25) is 0 Å². The minimum absolute atomic E-state index is 0.235. The van der Waals surface area contributed by atoms with Gasteiger partial charge in [-0.15, -0.1) is 0 Å². The lowest BCUT2D eigenvalue weighted by Gasteiger charge is -2.14. The lowest BCUT2D eigenvalue weighted by Crippen LogP contribution is -2.23. The maximum absolute atomic E-state index is 12.2. The summed E-state index contributed by atoms with van der Waals surface area (Å²) in [6.45, 7) is 6.43. The van der Waals surface area contributed by atoms with Crippen LogP contribution in [0.2, 0.25) is 0 Å². The van der Waals surface area contributed by atoms with Crippen molar-refractivity contribution in [3.63, 3.8) is 0 Å². The van der Waals surface area contributed by atoms with E-state index in [0.717, 1.165) is 28.2 Å². The van der Waals surface area contributed by atoms with Crippen LogP contribution in [0.5, 0.6) is 5.75 Å². The predicted octanol–water partition coefficient (Wildman–Crippen LogP) is 2.86. The van der Waals surface area contributed by atoms with Gasteiger partial charge >= 0.3 is 5.69 Å². The van der Waals surface area contributed by atoms with Gasteiger partial charge in [-0.25, -0.2) is 4.79 Å². The molecule has 0 aliphatic heterocycles. The molecule has 3 rings (SSSR count). The van der Waals surface area contributed by atoms with Crippen molar-refractivity contribution >= 4 is 5.71 Å². The molecule has 0 bridgehead atoms. The SMILES string of the molecule is CON=C(c1ccc(OCc2ccccc2-n2nnn(C)c2=O)c(C)c1)C(C)C. The first-order chi connectivity index (χ1) is 13.9. The van der Waals surface area contributed by atoms with Gasteiger partial charge in [0, 0.05) is 18.2 Å². The van der Waals surface area contributed by atoms with Crippen LogP contribution in [0.3, 0.4) is 0 Å². The number of tetrazole rings is 1. The standard InChI is InChI=1S/C21H25N5O3/c1-14(2)20(22-28-5)16-10-11-19(15(3)12-16)29-13-17-8-6-7-9-18(17)26-21(27)25(4)23-24-26/h6-12,14H,13H2,1-5H3. The van der Waals surface area contributed by atoms with Crippen LogP contribution in [0.1, 0.15) is 30.5 Å². The smallest absolute Gasteiger partial charge is 0.368 e. The van der Waals surface area contributed by atoms with Crippen LogP contribution >= 0.6 is 0 Å². The molecule has 0 N–H and O–H groups in total. The maximum atomic E-state index is 12.2. The second kappa shape index (κ2) is 8.72. The van der Waals surface area contributed by atoms with Gasteiger partial charge in [-0.05, 0) is 53.1 Å². The molecule has 0 fully saturated rings. The Hall–Kier alpha value is -3.42. The summed E-state index contributed by atoms with van der Waals surface area (Å²) in [5.41, 5.74) is 4.04. The average molecular weight is 395 g/mol. The quantitative estimate of drug-likeness (QED) is 0.454. The Kier molecular flexibility index (Phi) is 6.11. The highest BCUT2D eigenvalue weighted by atomic mass is 16.6. The molecule has 0 aliphatic rings. The number of para-hydroxylation sites is 1. The number of hydrogen-bond donors (Lipinski definition) is 0. The second-order valence-corrected chi connectivity index (χ2v) is 7.01. The Labute approximate surface area is 169 Å². The minimum Gasteiger partial charge on any atom is -0.489 e. The van der Waals surface area contributed by atoms with E-state index in [0.29, 0.717) is 12.3 Å². The maximum Gasteiger partial charge on any atom is 0.368 e.